The molecule has 244 valence electrons. The van der Waals surface area contributed by atoms with Crippen LogP contribution in [0.2, 0.25) is 0 Å². The molecule has 8 nitrogen and oxygen atoms in total. The van der Waals surface area contributed by atoms with Crippen LogP contribution >= 0.6 is 0 Å². The lowest BCUT2D eigenvalue weighted by Crippen LogP contribution is -2.55. The van der Waals surface area contributed by atoms with Gasteiger partial charge in [0.1, 0.15) is 29.9 Å². The van der Waals surface area contributed by atoms with Gasteiger partial charge in [0.05, 0.1) is 35.9 Å². The van der Waals surface area contributed by atoms with E-state index in [0.717, 1.165) is 24.3 Å². The smallest absolute Gasteiger partial charge is 0.416 e. The van der Waals surface area contributed by atoms with Crippen molar-refractivity contribution in [1.82, 2.24) is 15.1 Å². The molecule has 2 aliphatic rings. The maximum Gasteiger partial charge on any atom is 0.416 e. The molecule has 3 aromatic rings. The highest BCUT2D eigenvalue weighted by molar-refractivity contribution is 6.11. The van der Waals surface area contributed by atoms with Crippen molar-refractivity contribution in [3.05, 3.63) is 94.5 Å². The van der Waals surface area contributed by atoms with E-state index in [9.17, 15) is 35.9 Å². The van der Waals surface area contributed by atoms with Crippen molar-refractivity contribution >= 4 is 17.8 Å². The Bertz CT molecular complexity index is 1620. The summed E-state index contributed by atoms with van der Waals surface area (Å²) in [4.78, 5) is 34.1. The first-order chi connectivity index (χ1) is 21.7. The molecule has 0 aromatic heterocycles. The molecule has 0 spiro atoms. The Labute approximate surface area is 260 Å². The Balaban J connectivity index is 1.72. The third-order valence-corrected chi connectivity index (χ3v) is 7.53. The lowest BCUT2D eigenvalue weighted by atomic mass is 9.92. The van der Waals surface area contributed by atoms with E-state index in [1.165, 1.54) is 41.2 Å². The zero-order valence-corrected chi connectivity index (χ0v) is 24.9. The second-order valence-corrected chi connectivity index (χ2v) is 11.0. The van der Waals surface area contributed by atoms with Crippen LogP contribution in [0.25, 0.3) is 0 Å². The van der Waals surface area contributed by atoms with Gasteiger partial charge >= 0.3 is 18.4 Å². The Hall–Kier alpha value is -4.75. The molecule has 2 aliphatic heterocycles. The molecule has 0 radical (unpaired) electrons. The summed E-state index contributed by atoms with van der Waals surface area (Å²) in [5.74, 6) is 0.365. The Morgan fingerprint density at radius 2 is 1.50 bits per heavy atom. The predicted octanol–water partition coefficient (Wildman–Crippen LogP) is 6.62. The number of nitrogens with zero attached hydrogens (tertiary/aromatic N) is 3. The molecule has 0 unspecified atom stereocenters. The van der Waals surface area contributed by atoms with E-state index < -0.39 is 47.5 Å². The van der Waals surface area contributed by atoms with Crippen molar-refractivity contribution in [3.63, 3.8) is 0 Å². The van der Waals surface area contributed by atoms with Crippen LogP contribution in [0, 0.1) is 0 Å². The molecule has 1 N–H and O–H groups in total. The highest BCUT2D eigenvalue weighted by atomic mass is 19.4. The van der Waals surface area contributed by atoms with Crippen molar-refractivity contribution in [1.29, 1.82) is 0 Å². The third-order valence-electron chi connectivity index (χ3n) is 7.53. The number of nitrogens with one attached hydrogen (secondary N) is 1. The van der Waals surface area contributed by atoms with Gasteiger partial charge in [-0.2, -0.15) is 26.3 Å². The van der Waals surface area contributed by atoms with Gasteiger partial charge in [-0.15, -0.1) is 0 Å². The highest BCUT2D eigenvalue weighted by Crippen LogP contribution is 2.46. The normalized spacial score (nSPS) is 18.8. The number of benzene rings is 3. The lowest BCUT2D eigenvalue weighted by molar-refractivity contribution is -0.138. The quantitative estimate of drug-likeness (QED) is 0.305. The van der Waals surface area contributed by atoms with Gasteiger partial charge < -0.3 is 19.7 Å². The van der Waals surface area contributed by atoms with Crippen molar-refractivity contribution in [3.8, 4) is 11.5 Å². The molecule has 5 rings (SSSR count). The van der Waals surface area contributed by atoms with Crippen molar-refractivity contribution in [2.75, 3.05) is 26.7 Å². The topological polar surface area (TPSA) is 83.5 Å². The number of aliphatic imine (C=N–C) groups is 1. The van der Waals surface area contributed by atoms with Crippen molar-refractivity contribution < 1.29 is 45.4 Å². The largest absolute Gasteiger partial charge is 0.497 e. The number of amides is 3. The first-order valence-electron chi connectivity index (χ1n) is 14.3. The molecule has 46 heavy (non-hydrogen) atoms. The molecule has 2 atom stereocenters. The number of amidine groups is 1. The van der Waals surface area contributed by atoms with E-state index in [2.05, 4.69) is 5.32 Å². The molecule has 1 saturated heterocycles. The van der Waals surface area contributed by atoms with Gasteiger partial charge in [0.15, 0.2) is 0 Å². The number of piperazine rings is 1. The Morgan fingerprint density at radius 3 is 2.02 bits per heavy atom. The van der Waals surface area contributed by atoms with E-state index in [1.807, 2.05) is 0 Å². The number of urea groups is 1. The minimum Gasteiger partial charge on any atom is -0.497 e. The summed E-state index contributed by atoms with van der Waals surface area (Å²) in [6, 6.07) is 10.4. The summed E-state index contributed by atoms with van der Waals surface area (Å²) in [6.07, 6.45) is -9.58. The van der Waals surface area contributed by atoms with Crippen LogP contribution in [0.1, 0.15) is 53.7 Å². The van der Waals surface area contributed by atoms with Gasteiger partial charge in [-0.25, -0.2) is 4.79 Å². The zero-order valence-electron chi connectivity index (χ0n) is 24.9. The number of hydrogen-bond donors (Lipinski definition) is 1. The average Bonchev–Trinajstić information content (AvgIpc) is 3.40. The maximum absolute atomic E-state index is 14.4. The molecule has 14 heteroatoms. The molecule has 2 heterocycles. The second kappa shape index (κ2) is 12.6. The predicted molar refractivity (Wildman–Crippen MR) is 155 cm³/mol. The number of halogens is 6. The molecule has 1 fully saturated rings. The standard InChI is InChI=1S/C32H30F6N4O4/c1-18(2)46-25-16-23(45-3)12-13-24(25)29-40-27(19-4-8-21(9-5-19)31(33,34)35)28(20-6-10-22(11-7-20)32(36,37)38)42(29)30(44)41-15-14-39-26(43)17-41/h4-13,16,18,27-28H,14-15,17H2,1-3H3,(H,39,43)/t27-,28+/m1/s1. The molecule has 0 saturated carbocycles. The molecule has 0 aliphatic carbocycles. The fraction of sp³-hybridized carbons (Fsp3) is 0.344. The fourth-order valence-corrected chi connectivity index (χ4v) is 5.39. The lowest BCUT2D eigenvalue weighted by Gasteiger charge is -2.36. The Kier molecular flexibility index (Phi) is 8.91. The number of carbonyl (C=O) groups excluding carboxylic acids is 2. The Morgan fingerprint density at radius 1 is 0.913 bits per heavy atom. The van der Waals surface area contributed by atoms with Crippen LogP contribution in [-0.4, -0.2) is 60.4 Å². The second-order valence-electron chi connectivity index (χ2n) is 11.0. The van der Waals surface area contributed by atoms with E-state index in [1.54, 1.807) is 32.0 Å². The van der Waals surface area contributed by atoms with Gasteiger partial charge in [-0.1, -0.05) is 24.3 Å². The van der Waals surface area contributed by atoms with Gasteiger partial charge in [-0.05, 0) is 61.4 Å². The number of rotatable bonds is 6. The number of hydrogen-bond acceptors (Lipinski definition) is 5. The van der Waals surface area contributed by atoms with Crippen LogP contribution in [0.5, 0.6) is 11.5 Å². The highest BCUT2D eigenvalue weighted by Gasteiger charge is 2.46. The van der Waals surface area contributed by atoms with Crippen LogP contribution < -0.4 is 14.8 Å². The van der Waals surface area contributed by atoms with Crippen LogP contribution in [0.15, 0.2) is 71.7 Å². The van der Waals surface area contributed by atoms with E-state index in [-0.39, 0.29) is 48.5 Å². The zero-order chi connectivity index (χ0) is 33.4. The fourth-order valence-electron chi connectivity index (χ4n) is 5.39. The third kappa shape index (κ3) is 6.75. The van der Waals surface area contributed by atoms with Gasteiger partial charge in [0.2, 0.25) is 5.91 Å². The molecular formula is C32H30F6N4O4. The first kappa shape index (κ1) is 32.6. The summed E-state index contributed by atoms with van der Waals surface area (Å²) in [7, 11) is 1.46. The number of alkyl halides is 6. The number of ether oxygens (including phenoxy) is 2. The van der Waals surface area contributed by atoms with E-state index in [4.69, 9.17) is 14.5 Å². The van der Waals surface area contributed by atoms with Gasteiger partial charge in [0, 0.05) is 19.2 Å². The van der Waals surface area contributed by atoms with Crippen molar-refractivity contribution in [2.45, 2.75) is 44.4 Å². The monoisotopic (exact) mass is 648 g/mol. The van der Waals surface area contributed by atoms with Gasteiger partial charge in [-0.3, -0.25) is 14.7 Å². The van der Waals surface area contributed by atoms with Crippen molar-refractivity contribution in [2.24, 2.45) is 4.99 Å². The summed E-state index contributed by atoms with van der Waals surface area (Å²) < 4.78 is 92.2. The first-order valence-corrected chi connectivity index (χ1v) is 14.3. The number of carbonyl (C=O) groups is 2. The molecule has 3 aromatic carbocycles. The summed E-state index contributed by atoms with van der Waals surface area (Å²) in [5.41, 5.74) is -0.974. The summed E-state index contributed by atoms with van der Waals surface area (Å²) in [6.45, 7) is 3.58. The maximum atomic E-state index is 14.4. The van der Waals surface area contributed by atoms with Crippen LogP contribution in [-0.2, 0) is 17.1 Å². The van der Waals surface area contributed by atoms with E-state index in [0.29, 0.717) is 11.3 Å². The average molecular weight is 649 g/mol. The minimum absolute atomic E-state index is 0.0593. The molecular weight excluding hydrogens is 618 g/mol. The summed E-state index contributed by atoms with van der Waals surface area (Å²) >= 11 is 0. The van der Waals surface area contributed by atoms with E-state index >= 15 is 0 Å². The van der Waals surface area contributed by atoms with Crippen LogP contribution in [0.4, 0.5) is 31.1 Å². The SMILES string of the molecule is COc1ccc(C2=N[C@H](c3ccc(C(F)(F)F)cc3)[C@H](c3ccc(C(F)(F)F)cc3)N2C(=O)N2CCNC(=O)C2)c(OC(C)C)c1. The van der Waals surface area contributed by atoms with Gasteiger partial charge in [0.25, 0.3) is 0 Å². The summed E-state index contributed by atoms with van der Waals surface area (Å²) in [5, 5.41) is 2.65. The number of methoxy groups -OCH3 is 1. The minimum atomic E-state index is -4.63. The molecule has 3 amide bonds. The molecule has 0 bridgehead atoms. The van der Waals surface area contributed by atoms with Crippen LogP contribution in [0.3, 0.4) is 0 Å².